The Morgan fingerprint density at radius 1 is 1.33 bits per heavy atom. The van der Waals surface area contributed by atoms with Gasteiger partial charge < -0.3 is 5.73 Å². The molecule has 1 unspecified atom stereocenters. The van der Waals surface area contributed by atoms with Crippen molar-refractivity contribution in [3.05, 3.63) is 42.1 Å². The zero-order chi connectivity index (χ0) is 10.7. The number of hydrogen-bond acceptors (Lipinski definition) is 3. The van der Waals surface area contributed by atoms with Gasteiger partial charge in [0.2, 0.25) is 0 Å². The van der Waals surface area contributed by atoms with Crippen LogP contribution in [0.4, 0.5) is 0 Å². The molecule has 0 radical (unpaired) electrons. The molecule has 0 saturated carbocycles. The topological polar surface area (TPSA) is 38.9 Å². The highest BCUT2D eigenvalue weighted by atomic mass is 32.2. The van der Waals surface area contributed by atoms with Crippen LogP contribution in [0.5, 0.6) is 0 Å². The van der Waals surface area contributed by atoms with Gasteiger partial charge in [0.25, 0.3) is 0 Å². The zero-order valence-corrected chi connectivity index (χ0v) is 9.50. The van der Waals surface area contributed by atoms with Crippen molar-refractivity contribution in [2.24, 2.45) is 5.73 Å². The number of benzene rings is 1. The SMILES string of the molecule is CSCC(N)c1cccc2ncccc12. The van der Waals surface area contributed by atoms with E-state index >= 15 is 0 Å². The van der Waals surface area contributed by atoms with Crippen molar-refractivity contribution >= 4 is 22.7 Å². The molecule has 2 N–H and O–H groups in total. The minimum absolute atomic E-state index is 0.0906. The summed E-state index contributed by atoms with van der Waals surface area (Å²) in [4.78, 5) is 4.32. The molecule has 0 saturated heterocycles. The number of thioether (sulfide) groups is 1. The fourth-order valence-electron chi connectivity index (χ4n) is 1.72. The second kappa shape index (κ2) is 4.64. The average Bonchev–Trinajstić information content (AvgIpc) is 2.28. The third-order valence-corrected chi connectivity index (χ3v) is 3.12. The Kier molecular flexibility index (Phi) is 3.23. The molecule has 2 aromatic rings. The lowest BCUT2D eigenvalue weighted by Crippen LogP contribution is -2.13. The van der Waals surface area contributed by atoms with Crippen molar-refractivity contribution in [3.63, 3.8) is 0 Å². The molecule has 0 aliphatic carbocycles. The molecular formula is C12H14N2S. The van der Waals surface area contributed by atoms with Crippen LogP contribution in [-0.4, -0.2) is 17.0 Å². The van der Waals surface area contributed by atoms with Gasteiger partial charge in [-0.05, 0) is 24.0 Å². The first-order valence-electron chi connectivity index (χ1n) is 4.91. The van der Waals surface area contributed by atoms with Crippen LogP contribution in [0.3, 0.4) is 0 Å². The third-order valence-electron chi connectivity index (χ3n) is 2.43. The van der Waals surface area contributed by atoms with Gasteiger partial charge in [-0.15, -0.1) is 0 Å². The highest BCUT2D eigenvalue weighted by molar-refractivity contribution is 7.98. The second-order valence-corrected chi connectivity index (χ2v) is 4.39. The number of fused-ring (bicyclic) bond motifs is 1. The Labute approximate surface area is 93.9 Å². The van der Waals surface area contributed by atoms with Crippen LogP contribution in [0.25, 0.3) is 10.9 Å². The fraction of sp³-hybridized carbons (Fsp3) is 0.250. The molecule has 0 fully saturated rings. The Hall–Kier alpha value is -1.06. The molecule has 1 aromatic heterocycles. The molecule has 0 bridgehead atoms. The Morgan fingerprint density at radius 3 is 3.00 bits per heavy atom. The second-order valence-electron chi connectivity index (χ2n) is 3.48. The van der Waals surface area contributed by atoms with Crippen LogP contribution >= 0.6 is 11.8 Å². The van der Waals surface area contributed by atoms with E-state index in [4.69, 9.17) is 5.73 Å². The molecule has 1 heterocycles. The summed E-state index contributed by atoms with van der Waals surface area (Å²) in [6.07, 6.45) is 3.88. The molecule has 2 nitrogen and oxygen atoms in total. The number of nitrogens with two attached hydrogens (primary N) is 1. The molecule has 78 valence electrons. The largest absolute Gasteiger partial charge is 0.323 e. The summed E-state index contributed by atoms with van der Waals surface area (Å²) in [5.74, 6) is 0.938. The fourth-order valence-corrected chi connectivity index (χ4v) is 2.26. The predicted octanol–water partition coefficient (Wildman–Crippen LogP) is 2.60. The van der Waals surface area contributed by atoms with Gasteiger partial charge in [0.05, 0.1) is 5.52 Å². The highest BCUT2D eigenvalue weighted by Gasteiger charge is 2.08. The van der Waals surface area contributed by atoms with E-state index in [0.717, 1.165) is 11.3 Å². The van der Waals surface area contributed by atoms with Crippen LogP contribution in [0.1, 0.15) is 11.6 Å². The minimum atomic E-state index is 0.0906. The smallest absolute Gasteiger partial charge is 0.0705 e. The van der Waals surface area contributed by atoms with E-state index in [9.17, 15) is 0 Å². The van der Waals surface area contributed by atoms with E-state index in [2.05, 4.69) is 23.4 Å². The van der Waals surface area contributed by atoms with E-state index in [1.165, 1.54) is 10.9 Å². The molecule has 0 amide bonds. The van der Waals surface area contributed by atoms with E-state index in [1.807, 2.05) is 24.4 Å². The maximum Gasteiger partial charge on any atom is 0.0705 e. The van der Waals surface area contributed by atoms with Gasteiger partial charge in [-0.25, -0.2) is 0 Å². The molecule has 15 heavy (non-hydrogen) atoms. The average molecular weight is 218 g/mol. The number of hydrogen-bond donors (Lipinski definition) is 1. The van der Waals surface area contributed by atoms with Gasteiger partial charge in [0, 0.05) is 23.4 Å². The number of rotatable bonds is 3. The van der Waals surface area contributed by atoms with E-state index in [0.29, 0.717) is 0 Å². The maximum absolute atomic E-state index is 6.12. The normalized spacial score (nSPS) is 12.9. The van der Waals surface area contributed by atoms with Crippen molar-refractivity contribution in [2.75, 3.05) is 12.0 Å². The summed E-state index contributed by atoms with van der Waals surface area (Å²) in [6.45, 7) is 0. The van der Waals surface area contributed by atoms with Gasteiger partial charge in [0.1, 0.15) is 0 Å². The molecular weight excluding hydrogens is 204 g/mol. The lowest BCUT2D eigenvalue weighted by molar-refractivity contribution is 0.841. The summed E-state index contributed by atoms with van der Waals surface area (Å²) in [7, 11) is 0. The van der Waals surface area contributed by atoms with Gasteiger partial charge >= 0.3 is 0 Å². The van der Waals surface area contributed by atoms with Crippen LogP contribution in [0.2, 0.25) is 0 Å². The van der Waals surface area contributed by atoms with Crippen molar-refractivity contribution in [1.82, 2.24) is 4.98 Å². The van der Waals surface area contributed by atoms with Crippen molar-refractivity contribution in [1.29, 1.82) is 0 Å². The van der Waals surface area contributed by atoms with Crippen molar-refractivity contribution in [2.45, 2.75) is 6.04 Å². The number of nitrogens with zero attached hydrogens (tertiary/aromatic N) is 1. The Morgan fingerprint density at radius 2 is 2.20 bits per heavy atom. The Balaban J connectivity index is 2.50. The standard InChI is InChI=1S/C12H14N2S/c1-15-8-11(13)9-4-2-6-12-10(9)5-3-7-14-12/h2-7,11H,8,13H2,1H3. The van der Waals surface area contributed by atoms with Gasteiger partial charge in [-0.1, -0.05) is 18.2 Å². The Bertz CT molecular complexity index is 451. The van der Waals surface area contributed by atoms with Crippen LogP contribution in [-0.2, 0) is 0 Å². The number of pyridine rings is 1. The molecule has 0 aliphatic rings. The van der Waals surface area contributed by atoms with Crippen molar-refractivity contribution in [3.8, 4) is 0 Å². The van der Waals surface area contributed by atoms with Crippen molar-refractivity contribution < 1.29 is 0 Å². The van der Waals surface area contributed by atoms with Gasteiger partial charge in [-0.2, -0.15) is 11.8 Å². The molecule has 1 atom stereocenters. The van der Waals surface area contributed by atoms with E-state index in [1.54, 1.807) is 11.8 Å². The molecule has 1 aromatic carbocycles. The van der Waals surface area contributed by atoms with E-state index in [-0.39, 0.29) is 6.04 Å². The maximum atomic E-state index is 6.12. The first-order chi connectivity index (χ1) is 7.33. The quantitative estimate of drug-likeness (QED) is 0.860. The van der Waals surface area contributed by atoms with E-state index < -0.39 is 0 Å². The van der Waals surface area contributed by atoms with Crippen LogP contribution in [0, 0.1) is 0 Å². The monoisotopic (exact) mass is 218 g/mol. The summed E-state index contributed by atoms with van der Waals surface area (Å²) < 4.78 is 0. The minimum Gasteiger partial charge on any atom is -0.323 e. The lowest BCUT2D eigenvalue weighted by atomic mass is 10.0. The van der Waals surface area contributed by atoms with Crippen LogP contribution < -0.4 is 5.73 Å². The summed E-state index contributed by atoms with van der Waals surface area (Å²) in [5, 5.41) is 1.17. The van der Waals surface area contributed by atoms with Crippen LogP contribution in [0.15, 0.2) is 36.5 Å². The first kappa shape index (κ1) is 10.5. The predicted molar refractivity (Wildman–Crippen MR) is 67.1 cm³/mol. The summed E-state index contributed by atoms with van der Waals surface area (Å²) in [6, 6.07) is 10.3. The van der Waals surface area contributed by atoms with Gasteiger partial charge in [0.15, 0.2) is 0 Å². The third kappa shape index (κ3) is 2.13. The molecule has 3 heteroatoms. The molecule has 0 spiro atoms. The zero-order valence-electron chi connectivity index (χ0n) is 8.68. The van der Waals surface area contributed by atoms with Gasteiger partial charge in [-0.3, -0.25) is 4.98 Å². The highest BCUT2D eigenvalue weighted by Crippen LogP contribution is 2.23. The number of aromatic nitrogens is 1. The lowest BCUT2D eigenvalue weighted by Gasteiger charge is -2.12. The summed E-state index contributed by atoms with van der Waals surface area (Å²) >= 11 is 1.77. The first-order valence-corrected chi connectivity index (χ1v) is 6.30. The molecule has 0 aliphatic heterocycles. The molecule has 2 rings (SSSR count). The summed E-state index contributed by atoms with van der Waals surface area (Å²) in [5.41, 5.74) is 8.33.